The summed E-state index contributed by atoms with van der Waals surface area (Å²) >= 11 is 0. The summed E-state index contributed by atoms with van der Waals surface area (Å²) in [7, 11) is 0. The van der Waals surface area contributed by atoms with Crippen LogP contribution in [0.5, 0.6) is 0 Å². The molecule has 0 aromatic carbocycles. The van der Waals surface area contributed by atoms with Gasteiger partial charge in [-0.2, -0.15) is 0 Å². The van der Waals surface area contributed by atoms with Gasteiger partial charge in [0.15, 0.2) is 0 Å². The van der Waals surface area contributed by atoms with Crippen molar-refractivity contribution in [1.29, 1.82) is 0 Å². The predicted octanol–water partition coefficient (Wildman–Crippen LogP) is 2.36. The molecule has 0 aromatic heterocycles. The molecule has 2 heterocycles. The number of rotatable bonds is 8. The lowest BCUT2D eigenvalue weighted by Gasteiger charge is -2.46. The van der Waals surface area contributed by atoms with Crippen molar-refractivity contribution in [3.05, 3.63) is 0 Å². The summed E-state index contributed by atoms with van der Waals surface area (Å²) < 4.78 is 0. The minimum atomic E-state index is -1.08. The normalized spacial score (nSPS) is 19.4. The number of nitrogens with zero attached hydrogens (tertiary/aromatic N) is 2. The average Bonchev–Trinajstić information content (AvgIpc) is 3.04. The zero-order valence-electron chi connectivity index (χ0n) is 14.1. The number of carbonyl (C=O) groups is 4. The van der Waals surface area contributed by atoms with Gasteiger partial charge in [0.25, 0.3) is 0 Å². The minimum Gasteiger partial charge on any atom is -0.274 e. The molecule has 2 aliphatic heterocycles. The lowest BCUT2D eigenvalue weighted by Crippen LogP contribution is -2.64. The van der Waals surface area contributed by atoms with E-state index in [4.69, 9.17) is 0 Å². The van der Waals surface area contributed by atoms with Gasteiger partial charge < -0.3 is 0 Å². The van der Waals surface area contributed by atoms with Gasteiger partial charge in [0.05, 0.1) is 0 Å². The molecule has 0 bridgehead atoms. The summed E-state index contributed by atoms with van der Waals surface area (Å²) in [5.74, 6) is -1.02. The van der Waals surface area contributed by atoms with E-state index in [1.54, 1.807) is 0 Å². The molecule has 0 spiro atoms. The summed E-state index contributed by atoms with van der Waals surface area (Å²) in [5.41, 5.74) is -1.08. The third kappa shape index (κ3) is 3.16. The quantitative estimate of drug-likeness (QED) is 0.643. The number of likely N-dealkylation sites (tertiary alicyclic amines) is 2. The van der Waals surface area contributed by atoms with Gasteiger partial charge in [0.1, 0.15) is 5.66 Å². The van der Waals surface area contributed by atoms with Crippen LogP contribution in [0, 0.1) is 0 Å². The SMILES string of the molecule is CCCCC(CCCC)(N1C(=O)CCC1=O)N1C(=O)CCC1=O. The van der Waals surface area contributed by atoms with Gasteiger partial charge in [-0.1, -0.05) is 26.7 Å². The van der Waals surface area contributed by atoms with Crippen LogP contribution in [0.2, 0.25) is 0 Å². The molecule has 0 aliphatic carbocycles. The molecule has 2 fully saturated rings. The van der Waals surface area contributed by atoms with Crippen LogP contribution in [0.15, 0.2) is 0 Å². The van der Waals surface area contributed by atoms with Crippen molar-refractivity contribution < 1.29 is 19.2 Å². The highest BCUT2D eigenvalue weighted by Crippen LogP contribution is 2.39. The van der Waals surface area contributed by atoms with E-state index in [9.17, 15) is 19.2 Å². The Hall–Kier alpha value is -1.72. The topological polar surface area (TPSA) is 74.8 Å². The first-order valence-electron chi connectivity index (χ1n) is 8.69. The van der Waals surface area contributed by atoms with E-state index in [2.05, 4.69) is 0 Å². The van der Waals surface area contributed by atoms with Crippen LogP contribution in [-0.4, -0.2) is 39.1 Å². The van der Waals surface area contributed by atoms with Crippen LogP contribution in [0.25, 0.3) is 0 Å². The van der Waals surface area contributed by atoms with Crippen molar-refractivity contribution >= 4 is 23.6 Å². The van der Waals surface area contributed by atoms with E-state index in [1.165, 1.54) is 9.80 Å². The lowest BCUT2D eigenvalue weighted by atomic mass is 9.92. The van der Waals surface area contributed by atoms with Gasteiger partial charge in [-0.15, -0.1) is 0 Å². The van der Waals surface area contributed by atoms with Gasteiger partial charge in [0, 0.05) is 25.7 Å². The van der Waals surface area contributed by atoms with E-state index in [0.29, 0.717) is 12.8 Å². The second-order valence-corrected chi connectivity index (χ2v) is 6.44. The first-order chi connectivity index (χ1) is 11.0. The third-order valence-corrected chi connectivity index (χ3v) is 4.80. The van der Waals surface area contributed by atoms with Crippen LogP contribution < -0.4 is 0 Å². The number of unbranched alkanes of at least 4 members (excludes halogenated alkanes) is 2. The molecule has 0 saturated carbocycles. The highest BCUT2D eigenvalue weighted by atomic mass is 16.2. The Labute approximate surface area is 137 Å². The second-order valence-electron chi connectivity index (χ2n) is 6.44. The summed E-state index contributed by atoms with van der Waals surface area (Å²) in [4.78, 5) is 52.0. The largest absolute Gasteiger partial charge is 0.274 e. The lowest BCUT2D eigenvalue weighted by molar-refractivity contribution is -0.168. The maximum absolute atomic E-state index is 12.4. The van der Waals surface area contributed by atoms with E-state index in [-0.39, 0.29) is 49.3 Å². The van der Waals surface area contributed by atoms with Crippen LogP contribution in [-0.2, 0) is 19.2 Å². The van der Waals surface area contributed by atoms with Gasteiger partial charge in [0.2, 0.25) is 23.6 Å². The number of carbonyl (C=O) groups excluding carboxylic acids is 4. The van der Waals surface area contributed by atoms with Crippen molar-refractivity contribution in [2.75, 3.05) is 0 Å². The molecule has 4 amide bonds. The van der Waals surface area contributed by atoms with Crippen LogP contribution in [0.4, 0.5) is 0 Å². The van der Waals surface area contributed by atoms with Gasteiger partial charge in [-0.05, 0) is 25.7 Å². The van der Waals surface area contributed by atoms with E-state index >= 15 is 0 Å². The minimum absolute atomic E-state index is 0.176. The number of hydrogen-bond acceptors (Lipinski definition) is 4. The molecule has 128 valence electrons. The highest BCUT2D eigenvalue weighted by molar-refractivity contribution is 6.06. The smallest absolute Gasteiger partial charge is 0.231 e. The van der Waals surface area contributed by atoms with Crippen LogP contribution in [0.3, 0.4) is 0 Å². The predicted molar refractivity (Wildman–Crippen MR) is 84.0 cm³/mol. The molecule has 0 unspecified atom stereocenters. The molecule has 2 saturated heterocycles. The zero-order valence-corrected chi connectivity index (χ0v) is 14.1. The van der Waals surface area contributed by atoms with Gasteiger partial charge in [-0.3, -0.25) is 29.0 Å². The summed E-state index contributed by atoms with van der Waals surface area (Å²) in [6.07, 6.45) is 4.95. The first kappa shape index (κ1) is 17.6. The Morgan fingerprint density at radius 1 is 0.696 bits per heavy atom. The number of hydrogen-bond donors (Lipinski definition) is 0. The Kier molecular flexibility index (Phi) is 5.55. The fourth-order valence-corrected chi connectivity index (χ4v) is 3.67. The molecule has 23 heavy (non-hydrogen) atoms. The Balaban J connectivity index is 2.49. The summed E-state index contributed by atoms with van der Waals surface area (Å²) in [6.45, 7) is 4.04. The molecular weight excluding hydrogens is 296 g/mol. The average molecular weight is 322 g/mol. The molecular formula is C17H26N2O4. The van der Waals surface area contributed by atoms with Crippen LogP contribution >= 0.6 is 0 Å². The molecule has 2 aliphatic rings. The van der Waals surface area contributed by atoms with Crippen molar-refractivity contribution in [3.63, 3.8) is 0 Å². The van der Waals surface area contributed by atoms with E-state index in [0.717, 1.165) is 25.7 Å². The molecule has 2 rings (SSSR count). The standard InChI is InChI=1S/C17H26N2O4/c1-3-5-11-17(12-6-4-2,18-13(20)7-8-14(18)21)19-15(22)9-10-16(19)23/h3-12H2,1-2H3. The molecule has 0 N–H and O–H groups in total. The van der Waals surface area contributed by atoms with Crippen molar-refractivity contribution in [2.45, 2.75) is 83.7 Å². The highest BCUT2D eigenvalue weighted by Gasteiger charge is 2.54. The summed E-state index contributed by atoms with van der Waals surface area (Å²) in [6, 6.07) is 0. The monoisotopic (exact) mass is 322 g/mol. The second kappa shape index (κ2) is 7.23. The fourth-order valence-electron chi connectivity index (χ4n) is 3.67. The first-order valence-corrected chi connectivity index (χ1v) is 8.69. The van der Waals surface area contributed by atoms with Crippen molar-refractivity contribution in [2.24, 2.45) is 0 Å². The van der Waals surface area contributed by atoms with Crippen LogP contribution in [0.1, 0.15) is 78.1 Å². The third-order valence-electron chi connectivity index (χ3n) is 4.80. The molecule has 0 radical (unpaired) electrons. The van der Waals surface area contributed by atoms with E-state index < -0.39 is 5.66 Å². The molecule has 0 atom stereocenters. The maximum atomic E-state index is 12.4. The maximum Gasteiger partial charge on any atom is 0.231 e. The van der Waals surface area contributed by atoms with Crippen molar-refractivity contribution in [3.8, 4) is 0 Å². The number of amides is 4. The van der Waals surface area contributed by atoms with Crippen molar-refractivity contribution in [1.82, 2.24) is 9.80 Å². The Bertz CT molecular complexity index is 437. The fraction of sp³-hybridized carbons (Fsp3) is 0.765. The van der Waals surface area contributed by atoms with Gasteiger partial charge >= 0.3 is 0 Å². The zero-order chi connectivity index (χ0) is 17.0. The van der Waals surface area contributed by atoms with E-state index in [1.807, 2.05) is 13.8 Å². The summed E-state index contributed by atoms with van der Waals surface area (Å²) in [5, 5.41) is 0. The molecule has 6 nitrogen and oxygen atoms in total. The Morgan fingerprint density at radius 3 is 1.26 bits per heavy atom. The molecule has 0 aromatic rings. The number of imide groups is 2. The molecule has 6 heteroatoms. The Morgan fingerprint density at radius 2 is 1.00 bits per heavy atom. The van der Waals surface area contributed by atoms with Gasteiger partial charge in [-0.25, -0.2) is 0 Å².